The molecular weight excluding hydrogens is 262 g/mol. The summed E-state index contributed by atoms with van der Waals surface area (Å²) in [6.45, 7) is 0. The Morgan fingerprint density at radius 2 is 2.05 bits per heavy atom. The lowest BCUT2D eigenvalue weighted by Crippen LogP contribution is -2.61. The molecule has 0 spiro atoms. The predicted molar refractivity (Wildman–Crippen MR) is 74.1 cm³/mol. The molecule has 3 rings (SSSR count). The summed E-state index contributed by atoms with van der Waals surface area (Å²) in [5, 5.41) is 23.0. The minimum absolute atomic E-state index is 0.155. The minimum atomic E-state index is -0.672. The molecule has 1 saturated heterocycles. The Labute approximate surface area is 116 Å². The Morgan fingerprint density at radius 1 is 1.32 bits per heavy atom. The van der Waals surface area contributed by atoms with E-state index >= 15 is 0 Å². The molecule has 4 atom stereocenters. The average Bonchev–Trinajstić information content (AvgIpc) is 2.64. The topological polar surface area (TPSA) is 69.6 Å². The first-order valence-electron chi connectivity index (χ1n) is 6.48. The lowest BCUT2D eigenvalue weighted by molar-refractivity contribution is -0.00240. The number of benzene rings is 1. The second kappa shape index (κ2) is 4.81. The van der Waals surface area contributed by atoms with Gasteiger partial charge in [-0.3, -0.25) is 4.79 Å². The zero-order chi connectivity index (χ0) is 13.5. The standard InChI is InChI=1S/C14H17NO3S/c16-10-6-7-14(8-19-11(10)12(14)17)15-13(18)9-4-2-1-3-5-9/h1-5,10-12,16-17H,6-8H2,(H,15,18)/t10-,11-,12-,14+/m1/s1. The van der Waals surface area contributed by atoms with Crippen LogP contribution >= 0.6 is 11.8 Å². The molecule has 0 radical (unpaired) electrons. The van der Waals surface area contributed by atoms with E-state index in [1.54, 1.807) is 23.9 Å². The maximum Gasteiger partial charge on any atom is 0.251 e. The zero-order valence-electron chi connectivity index (χ0n) is 10.5. The van der Waals surface area contributed by atoms with Crippen molar-refractivity contribution >= 4 is 17.7 Å². The Hall–Kier alpha value is -1.04. The third-order valence-electron chi connectivity index (χ3n) is 4.07. The van der Waals surface area contributed by atoms with E-state index in [1.165, 1.54) is 0 Å². The highest BCUT2D eigenvalue weighted by atomic mass is 32.2. The molecule has 1 heterocycles. The molecule has 1 aromatic carbocycles. The highest BCUT2D eigenvalue weighted by Crippen LogP contribution is 2.45. The molecule has 2 bridgehead atoms. The Morgan fingerprint density at radius 3 is 2.79 bits per heavy atom. The van der Waals surface area contributed by atoms with E-state index in [9.17, 15) is 15.0 Å². The van der Waals surface area contributed by atoms with Crippen molar-refractivity contribution in [2.24, 2.45) is 0 Å². The number of hydrogen-bond acceptors (Lipinski definition) is 4. The maximum absolute atomic E-state index is 12.2. The summed E-state index contributed by atoms with van der Waals surface area (Å²) in [7, 11) is 0. The van der Waals surface area contributed by atoms with Crippen LogP contribution in [0.3, 0.4) is 0 Å². The number of aliphatic hydroxyl groups excluding tert-OH is 2. The monoisotopic (exact) mass is 279 g/mol. The Kier molecular flexibility index (Phi) is 3.28. The van der Waals surface area contributed by atoms with Gasteiger partial charge in [0, 0.05) is 11.3 Å². The number of aliphatic hydroxyl groups is 2. The van der Waals surface area contributed by atoms with E-state index in [-0.39, 0.29) is 11.2 Å². The lowest BCUT2D eigenvalue weighted by atomic mass is 9.79. The van der Waals surface area contributed by atoms with Gasteiger partial charge in [0.05, 0.1) is 23.0 Å². The highest BCUT2D eigenvalue weighted by Gasteiger charge is 2.54. The number of hydrogen-bond donors (Lipinski definition) is 3. The molecule has 1 aliphatic carbocycles. The molecule has 2 fully saturated rings. The second-order valence-electron chi connectivity index (χ2n) is 5.30. The maximum atomic E-state index is 12.2. The predicted octanol–water partition coefficient (Wildman–Crippen LogP) is 0.786. The number of carbonyl (C=O) groups is 1. The van der Waals surface area contributed by atoms with Crippen molar-refractivity contribution in [3.8, 4) is 0 Å². The van der Waals surface area contributed by atoms with Crippen LogP contribution in [0.5, 0.6) is 0 Å². The van der Waals surface area contributed by atoms with Gasteiger partial charge in [-0.25, -0.2) is 0 Å². The molecule has 3 N–H and O–H groups in total. The number of thioether (sulfide) groups is 1. The fourth-order valence-corrected chi connectivity index (χ4v) is 4.59. The largest absolute Gasteiger partial charge is 0.392 e. The van der Waals surface area contributed by atoms with Crippen LogP contribution in [0.1, 0.15) is 23.2 Å². The quantitative estimate of drug-likeness (QED) is 0.748. The second-order valence-corrected chi connectivity index (χ2v) is 6.47. The molecular formula is C14H17NO3S. The third kappa shape index (κ3) is 2.16. The molecule has 0 unspecified atom stereocenters. The molecule has 1 aliphatic heterocycles. The average molecular weight is 279 g/mol. The van der Waals surface area contributed by atoms with Crippen LogP contribution in [-0.4, -0.2) is 44.9 Å². The number of fused-ring (bicyclic) bond motifs is 2. The molecule has 2 aliphatic rings. The van der Waals surface area contributed by atoms with Gasteiger partial charge >= 0.3 is 0 Å². The molecule has 5 heteroatoms. The van der Waals surface area contributed by atoms with Crippen molar-refractivity contribution in [1.29, 1.82) is 0 Å². The van der Waals surface area contributed by atoms with Crippen LogP contribution in [0, 0.1) is 0 Å². The summed E-state index contributed by atoms with van der Waals surface area (Å²) in [5.74, 6) is 0.506. The molecule has 1 saturated carbocycles. The Balaban J connectivity index is 1.78. The van der Waals surface area contributed by atoms with Gasteiger partial charge in [0.2, 0.25) is 0 Å². The van der Waals surface area contributed by atoms with Gasteiger partial charge in [0.1, 0.15) is 0 Å². The van der Waals surface area contributed by atoms with Crippen LogP contribution in [0.25, 0.3) is 0 Å². The first kappa shape index (κ1) is 13.0. The van der Waals surface area contributed by atoms with Gasteiger partial charge in [-0.15, -0.1) is 0 Å². The van der Waals surface area contributed by atoms with Gasteiger partial charge in [-0.05, 0) is 25.0 Å². The molecule has 1 aromatic rings. The van der Waals surface area contributed by atoms with Gasteiger partial charge in [0.25, 0.3) is 5.91 Å². The van der Waals surface area contributed by atoms with Gasteiger partial charge in [-0.1, -0.05) is 18.2 Å². The molecule has 0 aromatic heterocycles. The van der Waals surface area contributed by atoms with Crippen LogP contribution in [0.2, 0.25) is 0 Å². The zero-order valence-corrected chi connectivity index (χ0v) is 11.3. The Bertz CT molecular complexity index is 481. The summed E-state index contributed by atoms with van der Waals surface area (Å²) in [6.07, 6.45) is 0.111. The summed E-state index contributed by atoms with van der Waals surface area (Å²) >= 11 is 1.55. The minimum Gasteiger partial charge on any atom is -0.392 e. The molecule has 102 valence electrons. The molecule has 4 nitrogen and oxygen atoms in total. The van der Waals surface area contributed by atoms with Gasteiger partial charge < -0.3 is 15.5 Å². The van der Waals surface area contributed by atoms with Gasteiger partial charge in [-0.2, -0.15) is 11.8 Å². The number of amides is 1. The van der Waals surface area contributed by atoms with E-state index < -0.39 is 17.7 Å². The SMILES string of the molecule is O=C(N[C@@]12CC[C@@H](O)[C@@H](SC1)[C@H]2O)c1ccccc1. The summed E-state index contributed by atoms with van der Waals surface area (Å²) in [4.78, 5) is 12.2. The van der Waals surface area contributed by atoms with E-state index in [0.29, 0.717) is 24.2 Å². The number of rotatable bonds is 2. The normalized spacial score (nSPS) is 37.1. The molecule has 1 amide bonds. The third-order valence-corrected chi connectivity index (χ3v) is 5.71. The van der Waals surface area contributed by atoms with Crippen LogP contribution in [0.15, 0.2) is 30.3 Å². The van der Waals surface area contributed by atoms with Crippen molar-refractivity contribution in [2.45, 2.75) is 35.8 Å². The van der Waals surface area contributed by atoms with E-state index in [4.69, 9.17) is 0 Å². The van der Waals surface area contributed by atoms with Crippen LogP contribution in [0.4, 0.5) is 0 Å². The fraction of sp³-hybridized carbons (Fsp3) is 0.500. The first-order chi connectivity index (χ1) is 9.12. The summed E-state index contributed by atoms with van der Waals surface area (Å²) in [5.41, 5.74) is 0.0187. The first-order valence-corrected chi connectivity index (χ1v) is 7.53. The summed E-state index contributed by atoms with van der Waals surface area (Å²) in [6, 6.07) is 9.02. The number of nitrogens with one attached hydrogen (secondary N) is 1. The van der Waals surface area contributed by atoms with Crippen molar-refractivity contribution in [3.63, 3.8) is 0 Å². The van der Waals surface area contributed by atoms with Crippen molar-refractivity contribution in [1.82, 2.24) is 5.32 Å². The fourth-order valence-electron chi connectivity index (χ4n) is 2.91. The highest BCUT2D eigenvalue weighted by molar-refractivity contribution is 8.00. The number of carbonyl (C=O) groups excluding carboxylic acids is 1. The van der Waals surface area contributed by atoms with Gasteiger partial charge in [0.15, 0.2) is 0 Å². The van der Waals surface area contributed by atoms with Crippen LogP contribution < -0.4 is 5.32 Å². The van der Waals surface area contributed by atoms with E-state index in [1.807, 2.05) is 18.2 Å². The lowest BCUT2D eigenvalue weighted by Gasteiger charge is -2.39. The smallest absolute Gasteiger partial charge is 0.251 e. The van der Waals surface area contributed by atoms with E-state index in [2.05, 4.69) is 5.32 Å². The van der Waals surface area contributed by atoms with Crippen molar-refractivity contribution in [2.75, 3.05) is 5.75 Å². The molecule has 19 heavy (non-hydrogen) atoms. The van der Waals surface area contributed by atoms with Crippen LogP contribution in [-0.2, 0) is 0 Å². The van der Waals surface area contributed by atoms with E-state index in [0.717, 1.165) is 0 Å². The van der Waals surface area contributed by atoms with Crippen molar-refractivity contribution in [3.05, 3.63) is 35.9 Å². The summed E-state index contributed by atoms with van der Waals surface area (Å²) < 4.78 is 0. The van der Waals surface area contributed by atoms with Crippen molar-refractivity contribution < 1.29 is 15.0 Å².